The van der Waals surface area contributed by atoms with Gasteiger partial charge in [-0.1, -0.05) is 42.5 Å². The Bertz CT molecular complexity index is 1370. The van der Waals surface area contributed by atoms with Crippen molar-refractivity contribution in [2.45, 2.75) is 6.54 Å². The van der Waals surface area contributed by atoms with Gasteiger partial charge in [0.1, 0.15) is 0 Å². The number of carbonyl (C=O) groups excluding carboxylic acids is 1. The normalized spacial score (nSPS) is 11.5. The summed E-state index contributed by atoms with van der Waals surface area (Å²) in [4.78, 5) is 12.2. The van der Waals surface area contributed by atoms with E-state index in [4.69, 9.17) is 0 Å². The van der Waals surface area contributed by atoms with Crippen LogP contribution in [0, 0.1) is 0 Å². The third-order valence-corrected chi connectivity index (χ3v) is 4.69. The summed E-state index contributed by atoms with van der Waals surface area (Å²) >= 11 is 0. The van der Waals surface area contributed by atoms with Gasteiger partial charge >= 0.3 is 0 Å². The van der Waals surface area contributed by atoms with E-state index in [0.717, 1.165) is 22.0 Å². The Kier molecular flexibility index (Phi) is 4.49. The van der Waals surface area contributed by atoms with Gasteiger partial charge in [0.25, 0.3) is 0 Å². The van der Waals surface area contributed by atoms with Crippen molar-refractivity contribution in [2.75, 3.05) is 0 Å². The molecule has 0 atom stereocenters. The van der Waals surface area contributed by atoms with E-state index in [0.29, 0.717) is 18.0 Å². The van der Waals surface area contributed by atoms with E-state index in [2.05, 4.69) is 25.7 Å². The minimum atomic E-state index is -0.236. The van der Waals surface area contributed by atoms with Gasteiger partial charge < -0.3 is 5.32 Å². The fraction of sp³-hybridized carbons (Fsp3) is 0.0455. The van der Waals surface area contributed by atoms with Crippen LogP contribution >= 0.6 is 0 Å². The summed E-state index contributed by atoms with van der Waals surface area (Å²) in [6.45, 7) is 0.374. The summed E-state index contributed by atoms with van der Waals surface area (Å²) in [7, 11) is 0. The zero-order valence-electron chi connectivity index (χ0n) is 15.9. The van der Waals surface area contributed by atoms with Gasteiger partial charge in [-0.3, -0.25) is 4.79 Å². The lowest BCUT2D eigenvalue weighted by Crippen LogP contribution is -2.20. The van der Waals surface area contributed by atoms with Crippen LogP contribution in [0.3, 0.4) is 0 Å². The summed E-state index contributed by atoms with van der Waals surface area (Å²) < 4.78 is 3.39. The van der Waals surface area contributed by atoms with E-state index in [9.17, 15) is 4.79 Å². The van der Waals surface area contributed by atoms with Crippen LogP contribution in [0.2, 0.25) is 0 Å². The Morgan fingerprint density at radius 2 is 1.80 bits per heavy atom. The van der Waals surface area contributed by atoms with Gasteiger partial charge in [-0.05, 0) is 18.2 Å². The van der Waals surface area contributed by atoms with Crippen molar-refractivity contribution in [1.82, 2.24) is 34.9 Å². The molecular formula is C22H17N7O. The van der Waals surface area contributed by atoms with E-state index < -0.39 is 0 Å². The highest BCUT2D eigenvalue weighted by molar-refractivity contribution is 5.94. The van der Waals surface area contributed by atoms with Crippen molar-refractivity contribution >= 4 is 28.4 Å². The summed E-state index contributed by atoms with van der Waals surface area (Å²) in [5.41, 5.74) is 2.52. The highest BCUT2D eigenvalue weighted by Crippen LogP contribution is 2.17. The number of nitrogens with one attached hydrogen (secondary N) is 1. The predicted octanol–water partition coefficient (Wildman–Crippen LogP) is 2.79. The highest BCUT2D eigenvalue weighted by atomic mass is 16.1. The predicted molar refractivity (Wildman–Crippen MR) is 113 cm³/mol. The number of fused-ring (bicyclic) bond motifs is 3. The van der Waals surface area contributed by atoms with E-state index >= 15 is 0 Å². The van der Waals surface area contributed by atoms with Crippen molar-refractivity contribution in [1.29, 1.82) is 0 Å². The van der Waals surface area contributed by atoms with Gasteiger partial charge in [0.2, 0.25) is 5.91 Å². The first kappa shape index (κ1) is 17.7. The maximum atomic E-state index is 12.2. The van der Waals surface area contributed by atoms with Crippen LogP contribution in [0.1, 0.15) is 11.4 Å². The van der Waals surface area contributed by atoms with Gasteiger partial charge in [0, 0.05) is 35.2 Å². The molecule has 146 valence electrons. The fourth-order valence-electron chi connectivity index (χ4n) is 3.18. The first-order valence-corrected chi connectivity index (χ1v) is 9.42. The molecule has 0 aliphatic heterocycles. The van der Waals surface area contributed by atoms with E-state index in [1.807, 2.05) is 60.8 Å². The maximum absolute atomic E-state index is 12.2. The fourth-order valence-corrected chi connectivity index (χ4v) is 3.18. The van der Waals surface area contributed by atoms with Crippen LogP contribution in [0.15, 0.2) is 79.3 Å². The third kappa shape index (κ3) is 3.42. The molecule has 5 aromatic rings. The quantitative estimate of drug-likeness (QED) is 0.462. The summed E-state index contributed by atoms with van der Waals surface area (Å²) in [5, 5.41) is 21.8. The lowest BCUT2D eigenvalue weighted by Gasteiger charge is -2.00. The zero-order chi connectivity index (χ0) is 20.3. The first-order valence-electron chi connectivity index (χ1n) is 9.42. The second kappa shape index (κ2) is 7.59. The van der Waals surface area contributed by atoms with Crippen molar-refractivity contribution in [3.05, 3.63) is 90.7 Å². The van der Waals surface area contributed by atoms with Crippen LogP contribution in [0.25, 0.3) is 28.2 Å². The average Bonchev–Trinajstić information content (AvgIpc) is 3.44. The number of benzene rings is 2. The number of para-hydroxylation sites is 1. The Balaban J connectivity index is 1.27. The van der Waals surface area contributed by atoms with E-state index in [1.165, 1.54) is 6.08 Å². The average molecular weight is 395 g/mol. The van der Waals surface area contributed by atoms with Crippen LogP contribution < -0.4 is 5.32 Å². The standard InChI is InChI=1S/C22H17N7O/c30-21(23-12-16-13-24-28(15-16)18-7-2-1-3-8-18)11-10-20-26-27-22-19-9-5-4-6-17(19)14-25-29(20)22/h1-11,13-15H,12H2,(H,23,30)/b11-10+. The Morgan fingerprint density at radius 3 is 2.70 bits per heavy atom. The molecule has 0 bridgehead atoms. The van der Waals surface area contributed by atoms with Gasteiger partial charge in [0.15, 0.2) is 11.5 Å². The summed E-state index contributed by atoms with van der Waals surface area (Å²) in [6.07, 6.45) is 8.41. The van der Waals surface area contributed by atoms with Crippen LogP contribution in [-0.2, 0) is 11.3 Å². The number of amides is 1. The molecule has 8 nitrogen and oxygen atoms in total. The Labute approximate surface area is 171 Å². The minimum absolute atomic E-state index is 0.236. The molecule has 0 fully saturated rings. The lowest BCUT2D eigenvalue weighted by molar-refractivity contribution is -0.116. The van der Waals surface area contributed by atoms with Gasteiger partial charge in [0.05, 0.1) is 18.1 Å². The second-order valence-electron chi connectivity index (χ2n) is 6.71. The zero-order valence-corrected chi connectivity index (χ0v) is 15.9. The summed E-state index contributed by atoms with van der Waals surface area (Å²) in [6, 6.07) is 17.6. The topological polar surface area (TPSA) is 90.0 Å². The smallest absolute Gasteiger partial charge is 0.244 e. The molecule has 1 N–H and O–H groups in total. The molecule has 0 aliphatic carbocycles. The highest BCUT2D eigenvalue weighted by Gasteiger charge is 2.08. The van der Waals surface area contributed by atoms with Crippen molar-refractivity contribution in [3.63, 3.8) is 0 Å². The molecule has 30 heavy (non-hydrogen) atoms. The largest absolute Gasteiger partial charge is 0.348 e. The van der Waals surface area contributed by atoms with Crippen LogP contribution in [-0.4, -0.2) is 35.5 Å². The number of rotatable bonds is 5. The molecule has 0 saturated heterocycles. The molecular weight excluding hydrogens is 378 g/mol. The van der Waals surface area contributed by atoms with Crippen molar-refractivity contribution < 1.29 is 4.79 Å². The Morgan fingerprint density at radius 1 is 0.967 bits per heavy atom. The molecule has 0 aliphatic rings. The molecule has 1 amide bonds. The molecule has 8 heteroatoms. The Hall–Kier alpha value is -4.33. The molecule has 0 saturated carbocycles. The molecule has 3 heterocycles. The summed E-state index contributed by atoms with van der Waals surface area (Å²) in [5.74, 6) is 0.253. The molecule has 3 aromatic heterocycles. The number of aromatic nitrogens is 6. The number of nitrogens with zero attached hydrogens (tertiary/aromatic N) is 6. The van der Waals surface area contributed by atoms with Gasteiger partial charge in [-0.15, -0.1) is 10.2 Å². The van der Waals surface area contributed by atoms with Crippen LogP contribution in [0.4, 0.5) is 0 Å². The number of hydrogen-bond donors (Lipinski definition) is 1. The second-order valence-corrected chi connectivity index (χ2v) is 6.71. The van der Waals surface area contributed by atoms with E-state index in [-0.39, 0.29) is 5.91 Å². The molecule has 5 rings (SSSR count). The van der Waals surface area contributed by atoms with Gasteiger partial charge in [-0.25, -0.2) is 4.68 Å². The maximum Gasteiger partial charge on any atom is 0.244 e. The molecule has 0 unspecified atom stereocenters. The van der Waals surface area contributed by atoms with Crippen molar-refractivity contribution in [2.24, 2.45) is 0 Å². The van der Waals surface area contributed by atoms with E-state index in [1.54, 1.807) is 27.7 Å². The SMILES string of the molecule is O=C(/C=C/c1nnc2c3ccccc3cnn12)NCc1cnn(-c2ccccc2)c1. The van der Waals surface area contributed by atoms with Gasteiger partial charge in [-0.2, -0.15) is 14.7 Å². The lowest BCUT2D eigenvalue weighted by atomic mass is 10.2. The third-order valence-electron chi connectivity index (χ3n) is 4.69. The number of hydrogen-bond acceptors (Lipinski definition) is 5. The molecule has 2 aromatic carbocycles. The van der Waals surface area contributed by atoms with Crippen LogP contribution in [0.5, 0.6) is 0 Å². The number of carbonyl (C=O) groups is 1. The first-order chi connectivity index (χ1) is 14.8. The van der Waals surface area contributed by atoms with Crippen molar-refractivity contribution in [3.8, 4) is 5.69 Å². The molecule has 0 spiro atoms. The minimum Gasteiger partial charge on any atom is -0.348 e. The monoisotopic (exact) mass is 395 g/mol. The molecule has 0 radical (unpaired) electrons.